The van der Waals surface area contributed by atoms with Crippen molar-refractivity contribution in [3.05, 3.63) is 24.5 Å². The lowest BCUT2D eigenvalue weighted by Gasteiger charge is -2.12. The van der Waals surface area contributed by atoms with Crippen LogP contribution in [0.3, 0.4) is 0 Å². The van der Waals surface area contributed by atoms with Crippen molar-refractivity contribution in [3.8, 4) is 5.75 Å². The largest absolute Gasteiger partial charge is 0.482 e. The van der Waals surface area contributed by atoms with Gasteiger partial charge in [0.05, 0.1) is 6.20 Å². The number of amides is 1. The molecule has 0 saturated heterocycles. The standard InChI is InChI=1S/C12H18N2O2/c1-3-5-10(2)14-12(15)9-16-11-6-4-7-13-8-11/h4,6-8,10H,3,5,9H2,1-2H3,(H,14,15). The molecular weight excluding hydrogens is 204 g/mol. The van der Waals surface area contributed by atoms with Crippen LogP contribution in [0.2, 0.25) is 0 Å². The molecule has 16 heavy (non-hydrogen) atoms. The molecule has 1 heterocycles. The molecular formula is C12H18N2O2. The number of ether oxygens (including phenoxy) is 1. The maximum Gasteiger partial charge on any atom is 0.258 e. The molecule has 0 saturated carbocycles. The van der Waals surface area contributed by atoms with Crippen LogP contribution in [0.25, 0.3) is 0 Å². The van der Waals surface area contributed by atoms with Gasteiger partial charge >= 0.3 is 0 Å². The zero-order chi connectivity index (χ0) is 11.8. The van der Waals surface area contributed by atoms with E-state index in [1.165, 1.54) is 0 Å². The highest BCUT2D eigenvalue weighted by molar-refractivity contribution is 5.77. The molecule has 1 unspecified atom stereocenters. The second kappa shape index (κ2) is 6.82. The van der Waals surface area contributed by atoms with Crippen LogP contribution < -0.4 is 10.1 Å². The summed E-state index contributed by atoms with van der Waals surface area (Å²) in [5.74, 6) is 0.519. The first kappa shape index (κ1) is 12.5. The van der Waals surface area contributed by atoms with Gasteiger partial charge in [-0.25, -0.2) is 0 Å². The van der Waals surface area contributed by atoms with Gasteiger partial charge in [-0.1, -0.05) is 13.3 Å². The zero-order valence-electron chi connectivity index (χ0n) is 9.77. The lowest BCUT2D eigenvalue weighted by Crippen LogP contribution is -2.35. The van der Waals surface area contributed by atoms with Crippen molar-refractivity contribution in [1.29, 1.82) is 0 Å². The van der Waals surface area contributed by atoms with Gasteiger partial charge in [-0.05, 0) is 25.5 Å². The van der Waals surface area contributed by atoms with E-state index in [0.29, 0.717) is 5.75 Å². The molecule has 1 aromatic heterocycles. The lowest BCUT2D eigenvalue weighted by atomic mass is 10.2. The Labute approximate surface area is 96.0 Å². The molecule has 0 aliphatic rings. The number of nitrogens with one attached hydrogen (secondary N) is 1. The van der Waals surface area contributed by atoms with Gasteiger partial charge < -0.3 is 10.1 Å². The minimum Gasteiger partial charge on any atom is -0.482 e. The summed E-state index contributed by atoms with van der Waals surface area (Å²) in [5, 5.41) is 2.87. The van der Waals surface area contributed by atoms with E-state index >= 15 is 0 Å². The number of carbonyl (C=O) groups is 1. The molecule has 88 valence electrons. The van der Waals surface area contributed by atoms with Gasteiger partial charge in [0, 0.05) is 12.2 Å². The molecule has 0 bridgehead atoms. The average molecular weight is 222 g/mol. The third-order valence-electron chi connectivity index (χ3n) is 2.13. The fourth-order valence-electron chi connectivity index (χ4n) is 1.40. The molecule has 0 spiro atoms. The summed E-state index contributed by atoms with van der Waals surface area (Å²) in [5.41, 5.74) is 0. The van der Waals surface area contributed by atoms with Gasteiger partial charge in [0.15, 0.2) is 6.61 Å². The number of rotatable bonds is 6. The first-order chi connectivity index (χ1) is 7.72. The summed E-state index contributed by atoms with van der Waals surface area (Å²) in [6.07, 6.45) is 5.29. The Morgan fingerprint density at radius 2 is 2.44 bits per heavy atom. The van der Waals surface area contributed by atoms with Crippen LogP contribution in [-0.2, 0) is 4.79 Å². The van der Waals surface area contributed by atoms with Crippen molar-refractivity contribution in [2.75, 3.05) is 6.61 Å². The number of hydrogen-bond acceptors (Lipinski definition) is 3. The van der Waals surface area contributed by atoms with E-state index in [1.54, 1.807) is 24.5 Å². The Morgan fingerprint density at radius 3 is 3.06 bits per heavy atom. The third-order valence-corrected chi connectivity index (χ3v) is 2.13. The van der Waals surface area contributed by atoms with Crippen LogP contribution in [-0.4, -0.2) is 23.5 Å². The molecule has 1 N–H and O–H groups in total. The lowest BCUT2D eigenvalue weighted by molar-refractivity contribution is -0.123. The average Bonchev–Trinajstić information content (AvgIpc) is 2.28. The highest BCUT2D eigenvalue weighted by Gasteiger charge is 2.06. The van der Waals surface area contributed by atoms with Crippen LogP contribution in [0, 0.1) is 0 Å². The van der Waals surface area contributed by atoms with Gasteiger partial charge in [-0.2, -0.15) is 0 Å². The predicted octanol–water partition coefficient (Wildman–Crippen LogP) is 1.77. The molecule has 0 aliphatic carbocycles. The number of carbonyl (C=O) groups excluding carboxylic acids is 1. The Hall–Kier alpha value is -1.58. The molecule has 4 nitrogen and oxygen atoms in total. The molecule has 0 radical (unpaired) electrons. The minimum absolute atomic E-state index is 0.0414. The van der Waals surface area contributed by atoms with Gasteiger partial charge in [-0.15, -0.1) is 0 Å². The second-order valence-corrected chi connectivity index (χ2v) is 3.73. The summed E-state index contributed by atoms with van der Waals surface area (Å²) >= 11 is 0. The fourth-order valence-corrected chi connectivity index (χ4v) is 1.40. The summed E-state index contributed by atoms with van der Waals surface area (Å²) in [6, 6.07) is 3.75. The maximum absolute atomic E-state index is 11.4. The topological polar surface area (TPSA) is 51.2 Å². The zero-order valence-corrected chi connectivity index (χ0v) is 9.77. The number of aromatic nitrogens is 1. The maximum atomic E-state index is 11.4. The van der Waals surface area contributed by atoms with Gasteiger partial charge in [0.2, 0.25) is 0 Å². The quantitative estimate of drug-likeness (QED) is 0.798. The van der Waals surface area contributed by atoms with Gasteiger partial charge in [0.25, 0.3) is 5.91 Å². The van der Waals surface area contributed by atoms with Gasteiger partial charge in [0.1, 0.15) is 5.75 Å². The minimum atomic E-state index is -0.0928. The Kier molecular flexibility index (Phi) is 5.32. The molecule has 1 atom stereocenters. The van der Waals surface area contributed by atoms with E-state index in [4.69, 9.17) is 4.74 Å². The first-order valence-electron chi connectivity index (χ1n) is 5.54. The summed E-state index contributed by atoms with van der Waals surface area (Å²) in [7, 11) is 0. The molecule has 0 aliphatic heterocycles. The van der Waals surface area contributed by atoms with Crippen molar-refractivity contribution in [1.82, 2.24) is 10.3 Å². The van der Waals surface area contributed by atoms with E-state index in [2.05, 4.69) is 17.2 Å². The van der Waals surface area contributed by atoms with Crippen LogP contribution in [0.15, 0.2) is 24.5 Å². The van der Waals surface area contributed by atoms with E-state index in [-0.39, 0.29) is 18.6 Å². The highest BCUT2D eigenvalue weighted by Crippen LogP contribution is 2.05. The van der Waals surface area contributed by atoms with Crippen LogP contribution in [0.4, 0.5) is 0 Å². The number of hydrogen-bond donors (Lipinski definition) is 1. The normalized spacial score (nSPS) is 11.9. The number of nitrogens with zero attached hydrogens (tertiary/aromatic N) is 1. The molecule has 1 rings (SSSR count). The second-order valence-electron chi connectivity index (χ2n) is 3.73. The van der Waals surface area contributed by atoms with Crippen molar-refractivity contribution in [2.45, 2.75) is 32.7 Å². The molecule has 0 aromatic carbocycles. The Balaban J connectivity index is 2.25. The molecule has 1 aromatic rings. The van der Waals surface area contributed by atoms with E-state index < -0.39 is 0 Å². The van der Waals surface area contributed by atoms with Gasteiger partial charge in [-0.3, -0.25) is 9.78 Å². The predicted molar refractivity (Wildman–Crippen MR) is 62.2 cm³/mol. The van der Waals surface area contributed by atoms with Crippen molar-refractivity contribution >= 4 is 5.91 Å². The first-order valence-corrected chi connectivity index (χ1v) is 5.54. The summed E-state index contributed by atoms with van der Waals surface area (Å²) in [6.45, 7) is 4.13. The van der Waals surface area contributed by atoms with E-state index in [9.17, 15) is 4.79 Å². The summed E-state index contributed by atoms with van der Waals surface area (Å²) in [4.78, 5) is 15.3. The molecule has 1 amide bonds. The van der Waals surface area contributed by atoms with Crippen LogP contribution in [0.5, 0.6) is 5.75 Å². The third kappa shape index (κ3) is 4.77. The SMILES string of the molecule is CCCC(C)NC(=O)COc1cccnc1. The summed E-state index contributed by atoms with van der Waals surface area (Å²) < 4.78 is 5.27. The molecule has 4 heteroatoms. The van der Waals surface area contributed by atoms with E-state index in [0.717, 1.165) is 12.8 Å². The highest BCUT2D eigenvalue weighted by atomic mass is 16.5. The Bertz CT molecular complexity index is 314. The van der Waals surface area contributed by atoms with Crippen molar-refractivity contribution in [2.24, 2.45) is 0 Å². The molecule has 0 fully saturated rings. The fraction of sp³-hybridized carbons (Fsp3) is 0.500. The smallest absolute Gasteiger partial charge is 0.258 e. The monoisotopic (exact) mass is 222 g/mol. The van der Waals surface area contributed by atoms with Crippen LogP contribution in [0.1, 0.15) is 26.7 Å². The van der Waals surface area contributed by atoms with Crippen molar-refractivity contribution in [3.63, 3.8) is 0 Å². The number of pyridine rings is 1. The Morgan fingerprint density at radius 1 is 1.62 bits per heavy atom. The van der Waals surface area contributed by atoms with E-state index in [1.807, 2.05) is 6.92 Å². The van der Waals surface area contributed by atoms with Crippen LogP contribution >= 0.6 is 0 Å². The van der Waals surface area contributed by atoms with Crippen molar-refractivity contribution < 1.29 is 9.53 Å².